The normalized spacial score (nSPS) is 18.2. The van der Waals surface area contributed by atoms with Crippen LogP contribution in [0, 0.1) is 5.41 Å². The van der Waals surface area contributed by atoms with Gasteiger partial charge in [-0.15, -0.1) is 0 Å². The molecule has 1 saturated heterocycles. The quantitative estimate of drug-likeness (QED) is 0.924. The van der Waals surface area contributed by atoms with Gasteiger partial charge in [0.2, 0.25) is 5.91 Å². The van der Waals surface area contributed by atoms with E-state index in [1.807, 2.05) is 35.4 Å². The highest BCUT2D eigenvalue weighted by Crippen LogP contribution is 2.33. The molecule has 0 bridgehead atoms. The van der Waals surface area contributed by atoms with Crippen LogP contribution in [0.5, 0.6) is 5.75 Å². The molecule has 1 aromatic heterocycles. The number of rotatable bonds is 4. The highest BCUT2D eigenvalue weighted by Gasteiger charge is 2.46. The summed E-state index contributed by atoms with van der Waals surface area (Å²) in [6, 6.07) is 12.1. The Kier molecular flexibility index (Phi) is 4.17. The topological polar surface area (TPSA) is 54.5 Å². The molecule has 25 heavy (non-hydrogen) atoms. The third-order valence-electron chi connectivity index (χ3n) is 5.31. The molecule has 0 radical (unpaired) electrons. The van der Waals surface area contributed by atoms with Gasteiger partial charge in [0, 0.05) is 44.5 Å². The average molecular weight is 337 g/mol. The van der Waals surface area contributed by atoms with Crippen LogP contribution in [0.2, 0.25) is 0 Å². The van der Waals surface area contributed by atoms with Crippen LogP contribution in [0.15, 0.2) is 42.6 Å². The third-order valence-corrected chi connectivity index (χ3v) is 5.31. The molecule has 0 atom stereocenters. The van der Waals surface area contributed by atoms with Crippen molar-refractivity contribution in [2.45, 2.75) is 19.4 Å². The molecule has 2 aliphatic rings. The number of carbonyl (C=O) groups is 1. The maximum absolute atomic E-state index is 13.3. The monoisotopic (exact) mass is 337 g/mol. The molecule has 0 aliphatic carbocycles. The second kappa shape index (κ2) is 6.48. The van der Waals surface area contributed by atoms with Crippen LogP contribution in [0.25, 0.3) is 0 Å². The van der Waals surface area contributed by atoms with Crippen LogP contribution in [0.1, 0.15) is 16.8 Å². The third kappa shape index (κ3) is 3.00. The van der Waals surface area contributed by atoms with Crippen molar-refractivity contribution in [3.8, 4) is 5.75 Å². The summed E-state index contributed by atoms with van der Waals surface area (Å²) in [5.41, 5.74) is 3.10. The summed E-state index contributed by atoms with van der Waals surface area (Å²) in [4.78, 5) is 19.7. The fraction of sp³-hybridized carbons (Fsp3) is 0.400. The Morgan fingerprint density at radius 2 is 2.20 bits per heavy atom. The second-order valence-corrected chi connectivity index (χ2v) is 7.00. The van der Waals surface area contributed by atoms with Gasteiger partial charge in [0.25, 0.3) is 0 Å². The van der Waals surface area contributed by atoms with Crippen molar-refractivity contribution in [2.75, 3.05) is 26.7 Å². The minimum absolute atomic E-state index is 0.253. The van der Waals surface area contributed by atoms with Gasteiger partial charge in [-0.05, 0) is 35.7 Å². The first-order valence-electron chi connectivity index (χ1n) is 8.76. The number of hydrogen-bond donors (Lipinski definition) is 1. The van der Waals surface area contributed by atoms with Crippen LogP contribution in [-0.4, -0.2) is 42.5 Å². The van der Waals surface area contributed by atoms with Gasteiger partial charge in [0.15, 0.2) is 0 Å². The predicted octanol–water partition coefficient (Wildman–Crippen LogP) is 1.81. The molecule has 2 aromatic rings. The number of fused-ring (bicyclic) bond motifs is 1. The molecule has 1 aromatic carbocycles. The Morgan fingerprint density at radius 1 is 1.32 bits per heavy atom. The fourth-order valence-electron chi connectivity index (χ4n) is 3.83. The summed E-state index contributed by atoms with van der Waals surface area (Å²) >= 11 is 0. The first-order valence-corrected chi connectivity index (χ1v) is 8.76. The van der Waals surface area contributed by atoms with Crippen molar-refractivity contribution in [3.05, 3.63) is 59.4 Å². The minimum Gasteiger partial charge on any atom is -0.497 e. The first-order chi connectivity index (χ1) is 12.2. The number of nitrogens with one attached hydrogen (secondary N) is 1. The van der Waals surface area contributed by atoms with Crippen LogP contribution < -0.4 is 10.1 Å². The maximum atomic E-state index is 13.3. The molecule has 5 nitrogen and oxygen atoms in total. The van der Waals surface area contributed by atoms with E-state index in [0.29, 0.717) is 6.54 Å². The number of benzene rings is 1. The van der Waals surface area contributed by atoms with Gasteiger partial charge in [0.1, 0.15) is 5.75 Å². The summed E-state index contributed by atoms with van der Waals surface area (Å²) < 4.78 is 5.32. The molecule has 3 heterocycles. The van der Waals surface area contributed by atoms with E-state index in [0.717, 1.165) is 49.5 Å². The molecule has 1 N–H and O–H groups in total. The zero-order valence-corrected chi connectivity index (χ0v) is 14.5. The number of carbonyl (C=O) groups excluding carboxylic acids is 1. The molecule has 2 aliphatic heterocycles. The van der Waals surface area contributed by atoms with Gasteiger partial charge in [0.05, 0.1) is 12.5 Å². The zero-order valence-electron chi connectivity index (χ0n) is 14.5. The fourth-order valence-corrected chi connectivity index (χ4v) is 3.83. The Hall–Kier alpha value is -2.40. The smallest absolute Gasteiger partial charge is 0.232 e. The molecule has 4 rings (SSSR count). The lowest BCUT2D eigenvalue weighted by Crippen LogP contribution is -2.63. The van der Waals surface area contributed by atoms with E-state index in [9.17, 15) is 4.79 Å². The van der Waals surface area contributed by atoms with Crippen molar-refractivity contribution in [1.82, 2.24) is 15.2 Å². The van der Waals surface area contributed by atoms with Crippen LogP contribution >= 0.6 is 0 Å². The van der Waals surface area contributed by atoms with Gasteiger partial charge >= 0.3 is 0 Å². The minimum atomic E-state index is -0.341. The van der Waals surface area contributed by atoms with Crippen molar-refractivity contribution in [3.63, 3.8) is 0 Å². The Labute approximate surface area is 148 Å². The summed E-state index contributed by atoms with van der Waals surface area (Å²) in [6.07, 6.45) is 3.41. The Bertz CT molecular complexity index is 786. The standard InChI is InChI=1S/C20H23N3O2/c1-25-17-6-2-4-15(10-17)11-20(13-21-14-20)19(24)23-9-7-18-16(12-23)5-3-8-22-18/h2-6,8,10,21H,7,9,11-14H2,1H3. The molecule has 0 spiro atoms. The van der Waals surface area contributed by atoms with Crippen molar-refractivity contribution in [2.24, 2.45) is 5.41 Å². The highest BCUT2D eigenvalue weighted by atomic mass is 16.5. The van der Waals surface area contributed by atoms with Crippen molar-refractivity contribution < 1.29 is 9.53 Å². The predicted molar refractivity (Wildman–Crippen MR) is 95.4 cm³/mol. The number of hydrogen-bond acceptors (Lipinski definition) is 4. The van der Waals surface area contributed by atoms with E-state index >= 15 is 0 Å². The van der Waals surface area contributed by atoms with Gasteiger partial charge in [-0.1, -0.05) is 18.2 Å². The van der Waals surface area contributed by atoms with Crippen LogP contribution in [0.4, 0.5) is 0 Å². The lowest BCUT2D eigenvalue weighted by atomic mass is 9.74. The second-order valence-electron chi connectivity index (χ2n) is 7.00. The number of ether oxygens (including phenoxy) is 1. The lowest BCUT2D eigenvalue weighted by molar-refractivity contribution is -0.146. The van der Waals surface area contributed by atoms with E-state index < -0.39 is 0 Å². The summed E-state index contributed by atoms with van der Waals surface area (Å²) in [5, 5.41) is 3.30. The molecular weight excluding hydrogens is 314 g/mol. The molecule has 5 heteroatoms. The van der Waals surface area contributed by atoms with E-state index in [-0.39, 0.29) is 11.3 Å². The molecule has 0 unspecified atom stereocenters. The molecule has 1 fully saturated rings. The number of nitrogens with zero attached hydrogens (tertiary/aromatic N) is 2. The molecule has 1 amide bonds. The summed E-state index contributed by atoms with van der Waals surface area (Å²) in [5.74, 6) is 1.09. The summed E-state index contributed by atoms with van der Waals surface area (Å²) in [6.45, 7) is 2.89. The summed E-state index contributed by atoms with van der Waals surface area (Å²) in [7, 11) is 1.67. The van der Waals surface area contributed by atoms with E-state index in [1.165, 1.54) is 5.56 Å². The Balaban J connectivity index is 1.53. The molecular formula is C20H23N3O2. The highest BCUT2D eigenvalue weighted by molar-refractivity contribution is 5.85. The van der Waals surface area contributed by atoms with Crippen molar-refractivity contribution in [1.29, 1.82) is 0 Å². The maximum Gasteiger partial charge on any atom is 0.232 e. The van der Waals surface area contributed by atoms with Crippen LogP contribution in [0.3, 0.4) is 0 Å². The zero-order chi connectivity index (χ0) is 17.3. The van der Waals surface area contributed by atoms with E-state index in [4.69, 9.17) is 4.74 Å². The van der Waals surface area contributed by atoms with Crippen molar-refractivity contribution >= 4 is 5.91 Å². The van der Waals surface area contributed by atoms with Gasteiger partial charge in [-0.25, -0.2) is 0 Å². The van der Waals surface area contributed by atoms with Crippen LogP contribution in [-0.2, 0) is 24.2 Å². The lowest BCUT2D eigenvalue weighted by Gasteiger charge is -2.45. The number of methoxy groups -OCH3 is 1. The number of pyridine rings is 1. The number of amides is 1. The Morgan fingerprint density at radius 3 is 2.96 bits per heavy atom. The first kappa shape index (κ1) is 16.1. The van der Waals surface area contributed by atoms with Gasteiger partial charge in [-0.3, -0.25) is 9.78 Å². The van der Waals surface area contributed by atoms with Gasteiger partial charge in [-0.2, -0.15) is 0 Å². The average Bonchev–Trinajstić information content (AvgIpc) is 2.64. The molecule has 0 saturated carbocycles. The molecule has 130 valence electrons. The van der Waals surface area contributed by atoms with E-state index in [2.05, 4.69) is 22.4 Å². The van der Waals surface area contributed by atoms with E-state index in [1.54, 1.807) is 7.11 Å². The largest absolute Gasteiger partial charge is 0.497 e. The van der Waals surface area contributed by atoms with Gasteiger partial charge < -0.3 is 15.0 Å². The number of aromatic nitrogens is 1. The SMILES string of the molecule is COc1cccc(CC2(C(=O)N3CCc4ncccc4C3)CNC2)c1.